The van der Waals surface area contributed by atoms with Crippen molar-refractivity contribution in [1.29, 1.82) is 0 Å². The Morgan fingerprint density at radius 3 is 2.90 bits per heavy atom. The minimum absolute atomic E-state index is 0.186. The second kappa shape index (κ2) is 5.57. The van der Waals surface area contributed by atoms with Crippen LogP contribution in [-0.2, 0) is 11.2 Å². The van der Waals surface area contributed by atoms with E-state index in [4.69, 9.17) is 0 Å². The van der Waals surface area contributed by atoms with E-state index < -0.39 is 5.97 Å². The van der Waals surface area contributed by atoms with Crippen molar-refractivity contribution in [2.45, 2.75) is 32.1 Å². The van der Waals surface area contributed by atoms with E-state index in [1.165, 1.54) is 30.4 Å². The van der Waals surface area contributed by atoms with Crippen LogP contribution in [0.1, 0.15) is 36.8 Å². The van der Waals surface area contributed by atoms with Crippen molar-refractivity contribution >= 4 is 5.97 Å². The van der Waals surface area contributed by atoms with Crippen LogP contribution in [0.2, 0.25) is 0 Å². The van der Waals surface area contributed by atoms with Gasteiger partial charge in [-0.15, -0.1) is 0 Å². The predicted molar refractivity (Wildman–Crippen MR) is 78.9 cm³/mol. The molecule has 0 amide bonds. The number of rotatable bonds is 3. The van der Waals surface area contributed by atoms with Gasteiger partial charge in [-0.3, -0.25) is 4.79 Å². The monoisotopic (exact) mass is 273 g/mol. The fraction of sp³-hybridized carbons (Fsp3) is 0.588. The van der Waals surface area contributed by atoms with Crippen LogP contribution in [-0.4, -0.2) is 35.6 Å². The van der Waals surface area contributed by atoms with Gasteiger partial charge in [0.25, 0.3) is 0 Å². The van der Waals surface area contributed by atoms with Gasteiger partial charge in [-0.1, -0.05) is 31.2 Å². The first-order chi connectivity index (χ1) is 9.65. The Kier molecular flexibility index (Phi) is 3.79. The van der Waals surface area contributed by atoms with Gasteiger partial charge in [-0.05, 0) is 42.2 Å². The zero-order chi connectivity index (χ0) is 14.1. The predicted octanol–water partition coefficient (Wildman–Crippen LogP) is 2.76. The molecule has 20 heavy (non-hydrogen) atoms. The summed E-state index contributed by atoms with van der Waals surface area (Å²) in [6.07, 6.45) is 3.69. The average Bonchev–Trinajstić information content (AvgIpc) is 2.80. The van der Waals surface area contributed by atoms with Gasteiger partial charge in [0, 0.05) is 19.6 Å². The van der Waals surface area contributed by atoms with Crippen LogP contribution in [0.5, 0.6) is 0 Å². The maximum absolute atomic E-state index is 11.2. The average molecular weight is 273 g/mol. The lowest BCUT2D eigenvalue weighted by molar-refractivity contribution is -0.142. The summed E-state index contributed by atoms with van der Waals surface area (Å²) >= 11 is 0. The van der Waals surface area contributed by atoms with Gasteiger partial charge in [0.15, 0.2) is 0 Å². The second-order valence-corrected chi connectivity index (χ2v) is 6.43. The van der Waals surface area contributed by atoms with Crippen LogP contribution in [0.25, 0.3) is 0 Å². The largest absolute Gasteiger partial charge is 0.481 e. The van der Waals surface area contributed by atoms with Crippen LogP contribution in [0.3, 0.4) is 0 Å². The summed E-state index contributed by atoms with van der Waals surface area (Å²) in [6.45, 7) is 4.73. The number of hydrogen-bond acceptors (Lipinski definition) is 2. The minimum Gasteiger partial charge on any atom is -0.481 e. The molecule has 1 saturated heterocycles. The molecule has 0 spiro atoms. The molecule has 3 heteroatoms. The molecule has 3 nitrogen and oxygen atoms in total. The molecule has 1 aliphatic heterocycles. The molecular weight excluding hydrogens is 250 g/mol. The number of carboxylic acid groups (broad SMARTS) is 1. The first-order valence-electron chi connectivity index (χ1n) is 7.68. The van der Waals surface area contributed by atoms with Crippen molar-refractivity contribution < 1.29 is 9.90 Å². The van der Waals surface area contributed by atoms with Gasteiger partial charge in [0.05, 0.1) is 5.92 Å². The van der Waals surface area contributed by atoms with E-state index in [2.05, 4.69) is 36.1 Å². The number of fused-ring (bicyclic) bond motifs is 1. The summed E-state index contributed by atoms with van der Waals surface area (Å²) in [7, 11) is 0. The van der Waals surface area contributed by atoms with E-state index >= 15 is 0 Å². The molecule has 108 valence electrons. The van der Waals surface area contributed by atoms with E-state index in [1.807, 2.05) is 0 Å². The quantitative estimate of drug-likeness (QED) is 0.920. The van der Waals surface area contributed by atoms with E-state index in [0.717, 1.165) is 19.6 Å². The highest BCUT2D eigenvalue weighted by molar-refractivity contribution is 5.71. The first-order valence-corrected chi connectivity index (χ1v) is 7.68. The molecule has 3 rings (SSSR count). The molecule has 0 aromatic heterocycles. The summed E-state index contributed by atoms with van der Waals surface area (Å²) in [5, 5.41) is 9.24. The van der Waals surface area contributed by atoms with Crippen LogP contribution >= 0.6 is 0 Å². The highest BCUT2D eigenvalue weighted by atomic mass is 16.4. The Morgan fingerprint density at radius 2 is 2.15 bits per heavy atom. The summed E-state index contributed by atoms with van der Waals surface area (Å²) in [5.74, 6) is 0.0314. The third kappa shape index (κ3) is 2.59. The van der Waals surface area contributed by atoms with Gasteiger partial charge in [-0.25, -0.2) is 0 Å². The smallest absolute Gasteiger partial charge is 0.308 e. The number of carbonyl (C=O) groups is 1. The number of carboxylic acids is 1. The Morgan fingerprint density at radius 1 is 1.35 bits per heavy atom. The van der Waals surface area contributed by atoms with Gasteiger partial charge in [0.1, 0.15) is 0 Å². The molecule has 0 saturated carbocycles. The molecule has 0 radical (unpaired) electrons. The minimum atomic E-state index is -0.635. The Balaban J connectivity index is 1.69. The van der Waals surface area contributed by atoms with Gasteiger partial charge in [-0.2, -0.15) is 0 Å². The van der Waals surface area contributed by atoms with E-state index in [1.54, 1.807) is 0 Å². The van der Waals surface area contributed by atoms with Crippen LogP contribution < -0.4 is 0 Å². The van der Waals surface area contributed by atoms with Crippen LogP contribution in [0.15, 0.2) is 24.3 Å². The van der Waals surface area contributed by atoms with Crippen molar-refractivity contribution in [3.05, 3.63) is 35.4 Å². The number of hydrogen-bond donors (Lipinski definition) is 1. The number of aliphatic carboxylic acids is 1. The number of benzene rings is 1. The zero-order valence-corrected chi connectivity index (χ0v) is 12.1. The standard InChI is InChI=1S/C17H23NO2/c1-12-9-18(11-16(12)17(19)20)10-14-7-4-6-13-5-2-3-8-15(13)14/h2-3,5,8,12,14,16H,4,6-7,9-11H2,1H3,(H,19,20). The third-order valence-corrected chi connectivity index (χ3v) is 4.98. The van der Waals surface area contributed by atoms with Crippen molar-refractivity contribution in [2.75, 3.05) is 19.6 Å². The molecule has 3 atom stereocenters. The van der Waals surface area contributed by atoms with Crippen LogP contribution in [0, 0.1) is 11.8 Å². The zero-order valence-electron chi connectivity index (χ0n) is 12.1. The molecule has 1 aliphatic carbocycles. The summed E-state index contributed by atoms with van der Waals surface area (Å²) < 4.78 is 0. The lowest BCUT2D eigenvalue weighted by Crippen LogP contribution is -2.29. The maximum Gasteiger partial charge on any atom is 0.308 e. The molecule has 3 unspecified atom stereocenters. The van der Waals surface area contributed by atoms with E-state index in [9.17, 15) is 9.90 Å². The molecule has 0 bridgehead atoms. The summed E-state index contributed by atoms with van der Waals surface area (Å²) in [4.78, 5) is 13.6. The van der Waals surface area contributed by atoms with Crippen molar-refractivity contribution in [1.82, 2.24) is 4.90 Å². The normalized spacial score (nSPS) is 30.1. The van der Waals surface area contributed by atoms with Crippen LogP contribution in [0.4, 0.5) is 0 Å². The molecule has 2 aliphatic rings. The van der Waals surface area contributed by atoms with Crippen molar-refractivity contribution in [3.8, 4) is 0 Å². The summed E-state index contributed by atoms with van der Waals surface area (Å²) in [6, 6.07) is 8.75. The number of aryl methyl sites for hydroxylation is 1. The Bertz CT molecular complexity index is 500. The topological polar surface area (TPSA) is 40.5 Å². The van der Waals surface area contributed by atoms with Gasteiger partial charge in [0.2, 0.25) is 0 Å². The molecule has 1 aromatic carbocycles. The van der Waals surface area contributed by atoms with Gasteiger partial charge < -0.3 is 10.0 Å². The Hall–Kier alpha value is -1.35. The molecular formula is C17H23NO2. The fourth-order valence-corrected chi connectivity index (χ4v) is 3.89. The third-order valence-electron chi connectivity index (χ3n) is 4.98. The lowest BCUT2D eigenvalue weighted by atomic mass is 9.82. The number of likely N-dealkylation sites (tertiary alicyclic amines) is 1. The van der Waals surface area contributed by atoms with Crippen molar-refractivity contribution in [2.24, 2.45) is 11.8 Å². The second-order valence-electron chi connectivity index (χ2n) is 6.43. The highest BCUT2D eigenvalue weighted by Crippen LogP contribution is 2.34. The lowest BCUT2D eigenvalue weighted by Gasteiger charge is -2.29. The maximum atomic E-state index is 11.2. The van der Waals surface area contributed by atoms with E-state index in [0.29, 0.717) is 5.92 Å². The number of nitrogens with zero attached hydrogens (tertiary/aromatic N) is 1. The molecule has 1 aromatic rings. The molecule has 1 N–H and O–H groups in total. The first kappa shape index (κ1) is 13.6. The fourth-order valence-electron chi connectivity index (χ4n) is 3.89. The van der Waals surface area contributed by atoms with E-state index in [-0.39, 0.29) is 11.8 Å². The molecule has 1 fully saturated rings. The SMILES string of the molecule is CC1CN(CC2CCCc3ccccc32)CC1C(=O)O. The molecule has 1 heterocycles. The highest BCUT2D eigenvalue weighted by Gasteiger charge is 2.36. The van der Waals surface area contributed by atoms with Gasteiger partial charge >= 0.3 is 5.97 Å². The Labute approximate surface area is 120 Å². The summed E-state index contributed by atoms with van der Waals surface area (Å²) in [5.41, 5.74) is 2.98. The van der Waals surface area contributed by atoms with Crippen molar-refractivity contribution in [3.63, 3.8) is 0 Å².